The lowest BCUT2D eigenvalue weighted by Crippen LogP contribution is -2.09. The number of anilines is 3. The highest BCUT2D eigenvalue weighted by atomic mass is 15.1. The number of hydrogen-bond acceptors (Lipinski definition) is 1. The fourth-order valence-electron chi connectivity index (χ4n) is 5.26. The van der Waals surface area contributed by atoms with Crippen LogP contribution in [0, 0.1) is 6.92 Å². The molecule has 0 aliphatic heterocycles. The van der Waals surface area contributed by atoms with Crippen LogP contribution in [0.25, 0.3) is 38.7 Å². The Morgan fingerprint density at radius 2 is 1.16 bits per heavy atom. The largest absolute Gasteiger partial charge is 0.311 e. The highest BCUT2D eigenvalue weighted by molar-refractivity contribution is 6.07. The molecule has 178 valence electrons. The number of benzene rings is 6. The second kappa shape index (κ2) is 9.79. The van der Waals surface area contributed by atoms with Crippen LogP contribution in [-0.2, 0) is 0 Å². The molecular weight excluding hydrogens is 446 g/mol. The molecule has 1 heteroatoms. The molecule has 0 amide bonds. The lowest BCUT2D eigenvalue weighted by Gasteiger charge is -2.25. The van der Waals surface area contributed by atoms with Gasteiger partial charge in [0, 0.05) is 17.1 Å². The molecule has 0 heterocycles. The van der Waals surface area contributed by atoms with E-state index in [-0.39, 0.29) is 0 Å². The summed E-state index contributed by atoms with van der Waals surface area (Å²) in [6, 6.07) is 45.8. The Kier molecular flexibility index (Phi) is 6.04. The van der Waals surface area contributed by atoms with Crippen molar-refractivity contribution in [3.05, 3.63) is 145 Å². The van der Waals surface area contributed by atoms with E-state index in [0.29, 0.717) is 0 Å². The molecule has 6 aromatic rings. The van der Waals surface area contributed by atoms with Crippen molar-refractivity contribution in [1.82, 2.24) is 0 Å². The van der Waals surface area contributed by atoms with E-state index in [2.05, 4.69) is 158 Å². The number of nitrogens with zero attached hydrogens (tertiary/aromatic N) is 1. The van der Waals surface area contributed by atoms with Crippen LogP contribution >= 0.6 is 0 Å². The first kappa shape index (κ1) is 22.8. The zero-order chi connectivity index (χ0) is 25.2. The molecule has 6 rings (SSSR count). The zero-order valence-electron chi connectivity index (χ0n) is 21.2. The second-order valence-electron chi connectivity index (χ2n) is 9.45. The summed E-state index contributed by atoms with van der Waals surface area (Å²) in [6.45, 7) is 4.27. The molecule has 0 aromatic heterocycles. The lowest BCUT2D eigenvalue weighted by molar-refractivity contribution is 1.28. The van der Waals surface area contributed by atoms with Gasteiger partial charge in [0.2, 0.25) is 0 Å². The molecule has 0 aliphatic carbocycles. The minimum absolute atomic E-state index is 1.14. The van der Waals surface area contributed by atoms with Gasteiger partial charge in [-0.05, 0) is 106 Å². The maximum Gasteiger partial charge on any atom is 0.0462 e. The highest BCUT2D eigenvalue weighted by Crippen LogP contribution is 2.38. The summed E-state index contributed by atoms with van der Waals surface area (Å²) >= 11 is 0. The molecule has 37 heavy (non-hydrogen) atoms. The number of aryl methyl sites for hydroxylation is 1. The fourth-order valence-corrected chi connectivity index (χ4v) is 5.26. The van der Waals surface area contributed by atoms with Gasteiger partial charge < -0.3 is 4.90 Å². The minimum Gasteiger partial charge on any atom is -0.311 e. The lowest BCUT2D eigenvalue weighted by atomic mass is 9.92. The molecule has 0 bridgehead atoms. The van der Waals surface area contributed by atoms with Gasteiger partial charge in [-0.2, -0.15) is 0 Å². The Labute approximate surface area is 218 Å². The van der Waals surface area contributed by atoms with Crippen LogP contribution in [-0.4, -0.2) is 0 Å². The van der Waals surface area contributed by atoms with Crippen molar-refractivity contribution >= 4 is 44.7 Å². The summed E-state index contributed by atoms with van der Waals surface area (Å²) in [5.74, 6) is 0. The van der Waals surface area contributed by atoms with Gasteiger partial charge in [-0.3, -0.25) is 0 Å². The molecule has 0 spiro atoms. The van der Waals surface area contributed by atoms with Crippen LogP contribution in [0.3, 0.4) is 0 Å². The predicted octanol–water partition coefficient (Wildman–Crippen LogP) is 10.5. The maximum absolute atomic E-state index is 2.37. The molecule has 0 saturated carbocycles. The number of fused-ring (bicyclic) bond motifs is 2. The third-order valence-electron chi connectivity index (χ3n) is 7.08. The van der Waals surface area contributed by atoms with Gasteiger partial charge >= 0.3 is 0 Å². The smallest absolute Gasteiger partial charge is 0.0462 e. The van der Waals surface area contributed by atoms with Crippen molar-refractivity contribution in [2.45, 2.75) is 13.8 Å². The first-order valence-electron chi connectivity index (χ1n) is 12.8. The van der Waals surface area contributed by atoms with E-state index in [1.807, 2.05) is 0 Å². The molecule has 1 nitrogen and oxygen atoms in total. The quantitative estimate of drug-likeness (QED) is 0.224. The topological polar surface area (TPSA) is 3.24 Å². The summed E-state index contributed by atoms with van der Waals surface area (Å²) in [5.41, 5.74) is 8.50. The van der Waals surface area contributed by atoms with E-state index in [9.17, 15) is 0 Å². The summed E-state index contributed by atoms with van der Waals surface area (Å²) in [7, 11) is 0. The predicted molar refractivity (Wildman–Crippen MR) is 161 cm³/mol. The second-order valence-corrected chi connectivity index (χ2v) is 9.45. The molecule has 0 N–H and O–H groups in total. The molecule has 0 atom stereocenters. The average Bonchev–Trinajstić information content (AvgIpc) is 2.95. The van der Waals surface area contributed by atoms with Gasteiger partial charge in [0.05, 0.1) is 0 Å². The average molecular weight is 476 g/mol. The van der Waals surface area contributed by atoms with E-state index in [1.165, 1.54) is 43.8 Å². The molecular formula is C36H29N. The minimum atomic E-state index is 1.14. The Morgan fingerprint density at radius 3 is 1.81 bits per heavy atom. The van der Waals surface area contributed by atoms with E-state index in [1.54, 1.807) is 0 Å². The van der Waals surface area contributed by atoms with E-state index in [0.717, 1.165) is 17.1 Å². The van der Waals surface area contributed by atoms with Crippen molar-refractivity contribution in [3.63, 3.8) is 0 Å². The van der Waals surface area contributed by atoms with Gasteiger partial charge in [-0.15, -0.1) is 0 Å². The number of rotatable bonds is 5. The van der Waals surface area contributed by atoms with E-state index < -0.39 is 0 Å². The molecule has 0 aliphatic rings. The normalized spacial score (nSPS) is 11.4. The molecule has 0 unspecified atom stereocenters. The van der Waals surface area contributed by atoms with Crippen molar-refractivity contribution in [3.8, 4) is 11.1 Å². The summed E-state index contributed by atoms with van der Waals surface area (Å²) in [4.78, 5) is 2.30. The molecule has 0 saturated heterocycles. The SMILES string of the molecule is CC=Cc1c(C)ccc2cc3cccc(-c4ccc(N(c5ccccc5)c5ccccc5)cc4)c3cc12. The van der Waals surface area contributed by atoms with Gasteiger partial charge in [-0.25, -0.2) is 0 Å². The Morgan fingerprint density at radius 1 is 0.541 bits per heavy atom. The van der Waals surface area contributed by atoms with Gasteiger partial charge in [0.1, 0.15) is 0 Å². The Hall–Kier alpha value is -4.62. The van der Waals surface area contributed by atoms with Crippen LogP contribution in [0.5, 0.6) is 0 Å². The standard InChI is InChI=1S/C36H29N/c1-3-11-33-26(2)18-19-29-24-28-12-10-17-34(36(28)25-35(29)33)27-20-22-32(23-21-27)37(30-13-6-4-7-14-30)31-15-8-5-9-16-31/h3-25H,1-2H3. The third-order valence-corrected chi connectivity index (χ3v) is 7.08. The van der Waals surface area contributed by atoms with Crippen molar-refractivity contribution in [1.29, 1.82) is 0 Å². The third kappa shape index (κ3) is 4.30. The highest BCUT2D eigenvalue weighted by Gasteiger charge is 2.13. The summed E-state index contributed by atoms with van der Waals surface area (Å²) < 4.78 is 0. The van der Waals surface area contributed by atoms with Crippen LogP contribution in [0.2, 0.25) is 0 Å². The van der Waals surface area contributed by atoms with Crippen LogP contribution < -0.4 is 4.90 Å². The van der Waals surface area contributed by atoms with Gasteiger partial charge in [-0.1, -0.05) is 91.0 Å². The maximum atomic E-state index is 2.37. The Balaban J connectivity index is 1.48. The van der Waals surface area contributed by atoms with Crippen molar-refractivity contribution in [2.24, 2.45) is 0 Å². The fraction of sp³-hybridized carbons (Fsp3) is 0.0556. The van der Waals surface area contributed by atoms with Gasteiger partial charge in [0.15, 0.2) is 0 Å². The van der Waals surface area contributed by atoms with Crippen molar-refractivity contribution < 1.29 is 0 Å². The monoisotopic (exact) mass is 475 g/mol. The first-order valence-corrected chi connectivity index (χ1v) is 12.8. The summed E-state index contributed by atoms with van der Waals surface area (Å²) in [6.07, 6.45) is 4.35. The molecule has 0 radical (unpaired) electrons. The van der Waals surface area contributed by atoms with Crippen LogP contribution in [0.15, 0.2) is 133 Å². The molecule has 6 aromatic carbocycles. The Bertz CT molecular complexity index is 1670. The van der Waals surface area contributed by atoms with Crippen LogP contribution in [0.1, 0.15) is 18.1 Å². The number of allylic oxidation sites excluding steroid dienone is 1. The van der Waals surface area contributed by atoms with E-state index in [4.69, 9.17) is 0 Å². The van der Waals surface area contributed by atoms with Gasteiger partial charge in [0.25, 0.3) is 0 Å². The molecule has 0 fully saturated rings. The van der Waals surface area contributed by atoms with Crippen molar-refractivity contribution in [2.75, 3.05) is 4.90 Å². The summed E-state index contributed by atoms with van der Waals surface area (Å²) in [5, 5.41) is 5.12. The number of para-hydroxylation sites is 2. The van der Waals surface area contributed by atoms with Crippen LogP contribution in [0.4, 0.5) is 17.1 Å². The first-order chi connectivity index (χ1) is 18.2. The van der Waals surface area contributed by atoms with E-state index >= 15 is 0 Å². The zero-order valence-corrected chi connectivity index (χ0v) is 21.2. The number of hydrogen-bond donors (Lipinski definition) is 0.